The Morgan fingerprint density at radius 1 is 1.32 bits per heavy atom. The second-order valence-electron chi connectivity index (χ2n) is 7.09. The summed E-state index contributed by atoms with van der Waals surface area (Å²) >= 11 is 9.04. The van der Waals surface area contributed by atoms with Crippen molar-refractivity contribution in [2.45, 2.75) is 69.6 Å². The number of unbranched alkanes of at least 4 members (excludes halogenated alkanes) is 2. The van der Waals surface area contributed by atoms with Crippen LogP contribution in [0.4, 0.5) is 4.39 Å². The molecule has 1 heterocycles. The van der Waals surface area contributed by atoms with Crippen molar-refractivity contribution in [3.05, 3.63) is 35.1 Å². The lowest BCUT2D eigenvalue weighted by Gasteiger charge is -2.36. The average molecular weight is 355 g/mol. The number of halogens is 1. The lowest BCUT2D eigenvalue weighted by atomic mass is 9.92. The SMILES string of the molecule is CCCCC[Si]1(C)CCC(c2ccc(C(=S)S)c(F)c2)CC1. The Morgan fingerprint density at radius 2 is 2.00 bits per heavy atom. The number of thiol groups is 1. The minimum absolute atomic E-state index is 0.217. The van der Waals surface area contributed by atoms with Crippen molar-refractivity contribution in [2.75, 3.05) is 0 Å². The van der Waals surface area contributed by atoms with Crippen molar-refractivity contribution in [2.24, 2.45) is 0 Å². The predicted octanol–water partition coefficient (Wildman–Crippen LogP) is 6.58. The quantitative estimate of drug-likeness (QED) is 0.261. The van der Waals surface area contributed by atoms with E-state index in [1.54, 1.807) is 12.1 Å². The Balaban J connectivity index is 1.97. The van der Waals surface area contributed by atoms with Gasteiger partial charge < -0.3 is 0 Å². The van der Waals surface area contributed by atoms with Gasteiger partial charge in [-0.2, -0.15) is 0 Å². The van der Waals surface area contributed by atoms with Crippen LogP contribution in [0, 0.1) is 5.82 Å². The first-order valence-electron chi connectivity index (χ1n) is 8.48. The molecule has 1 aromatic rings. The number of rotatable bonds is 6. The van der Waals surface area contributed by atoms with E-state index in [4.69, 9.17) is 12.2 Å². The zero-order valence-electron chi connectivity index (χ0n) is 13.7. The summed E-state index contributed by atoms with van der Waals surface area (Å²) in [4.78, 5) is 0. The molecule has 0 spiro atoms. The van der Waals surface area contributed by atoms with E-state index in [1.807, 2.05) is 6.07 Å². The van der Waals surface area contributed by atoms with Gasteiger partial charge in [0, 0.05) is 5.56 Å². The van der Waals surface area contributed by atoms with E-state index in [0.717, 1.165) is 5.56 Å². The van der Waals surface area contributed by atoms with E-state index in [1.165, 1.54) is 50.2 Å². The van der Waals surface area contributed by atoms with Crippen molar-refractivity contribution in [3.63, 3.8) is 0 Å². The zero-order chi connectivity index (χ0) is 16.2. The van der Waals surface area contributed by atoms with Crippen LogP contribution in [0.25, 0.3) is 0 Å². The first-order valence-corrected chi connectivity index (χ1v) is 12.5. The molecule has 1 saturated heterocycles. The van der Waals surface area contributed by atoms with Crippen LogP contribution in [0.3, 0.4) is 0 Å². The third-order valence-electron chi connectivity index (χ3n) is 5.27. The highest BCUT2D eigenvalue weighted by Crippen LogP contribution is 2.41. The van der Waals surface area contributed by atoms with Crippen molar-refractivity contribution >= 4 is 37.1 Å². The Labute approximate surface area is 146 Å². The van der Waals surface area contributed by atoms with E-state index in [0.29, 0.717) is 15.7 Å². The molecular formula is C18H27FS2Si. The van der Waals surface area contributed by atoms with Gasteiger partial charge in [0.15, 0.2) is 0 Å². The van der Waals surface area contributed by atoms with Crippen LogP contribution in [-0.4, -0.2) is 12.3 Å². The predicted molar refractivity (Wildman–Crippen MR) is 105 cm³/mol. The van der Waals surface area contributed by atoms with Gasteiger partial charge in [0.1, 0.15) is 5.82 Å². The van der Waals surface area contributed by atoms with E-state index in [2.05, 4.69) is 26.1 Å². The van der Waals surface area contributed by atoms with Crippen LogP contribution in [0.1, 0.15) is 56.1 Å². The zero-order valence-corrected chi connectivity index (χ0v) is 16.4. The molecule has 0 atom stereocenters. The topological polar surface area (TPSA) is 0 Å². The van der Waals surface area contributed by atoms with E-state index in [9.17, 15) is 4.39 Å². The number of thiocarbonyl (C=S) groups is 1. The van der Waals surface area contributed by atoms with Gasteiger partial charge in [-0.3, -0.25) is 0 Å². The summed E-state index contributed by atoms with van der Waals surface area (Å²) in [6.45, 7) is 4.84. The van der Waals surface area contributed by atoms with Gasteiger partial charge in [0.05, 0.1) is 12.3 Å². The van der Waals surface area contributed by atoms with Gasteiger partial charge in [0.2, 0.25) is 0 Å². The Bertz CT molecular complexity index is 522. The van der Waals surface area contributed by atoms with Crippen LogP contribution in [-0.2, 0) is 0 Å². The minimum atomic E-state index is -1.02. The highest BCUT2D eigenvalue weighted by Gasteiger charge is 2.33. The van der Waals surface area contributed by atoms with E-state index >= 15 is 0 Å². The fourth-order valence-corrected chi connectivity index (χ4v) is 7.95. The van der Waals surface area contributed by atoms with Crippen LogP contribution in [0.5, 0.6) is 0 Å². The van der Waals surface area contributed by atoms with Crippen LogP contribution < -0.4 is 0 Å². The summed E-state index contributed by atoms with van der Waals surface area (Å²) in [5, 5.41) is 0. The monoisotopic (exact) mass is 354 g/mol. The Kier molecular flexibility index (Phi) is 6.66. The highest BCUT2D eigenvalue weighted by molar-refractivity contribution is 8.11. The Morgan fingerprint density at radius 3 is 2.55 bits per heavy atom. The maximum atomic E-state index is 14.1. The number of hydrogen-bond donors (Lipinski definition) is 1. The molecule has 1 aromatic carbocycles. The second-order valence-corrected chi connectivity index (χ2v) is 13.4. The van der Waals surface area contributed by atoms with Crippen molar-refractivity contribution in [3.8, 4) is 0 Å². The molecule has 0 unspecified atom stereocenters. The van der Waals surface area contributed by atoms with Crippen molar-refractivity contribution in [1.29, 1.82) is 0 Å². The molecule has 122 valence electrons. The maximum absolute atomic E-state index is 14.1. The molecule has 1 fully saturated rings. The summed E-state index contributed by atoms with van der Waals surface area (Å²) in [5.74, 6) is 0.315. The fourth-order valence-electron chi connectivity index (χ4n) is 3.66. The molecule has 4 heteroatoms. The Hall–Kier alpha value is -0.193. The molecule has 1 aliphatic rings. The normalized spacial score (nSPS) is 25.2. The van der Waals surface area contributed by atoms with Gasteiger partial charge in [-0.05, 0) is 36.5 Å². The molecule has 0 amide bonds. The molecule has 1 aliphatic heterocycles. The lowest BCUT2D eigenvalue weighted by Crippen LogP contribution is -2.34. The number of hydrogen-bond acceptors (Lipinski definition) is 1. The molecule has 0 saturated carbocycles. The van der Waals surface area contributed by atoms with Crippen molar-refractivity contribution < 1.29 is 4.39 Å². The summed E-state index contributed by atoms with van der Waals surface area (Å²) in [5.41, 5.74) is 1.60. The molecule has 0 aromatic heterocycles. The van der Waals surface area contributed by atoms with Gasteiger partial charge in [-0.25, -0.2) is 4.39 Å². The van der Waals surface area contributed by atoms with Gasteiger partial charge >= 0.3 is 0 Å². The smallest absolute Gasteiger partial charge is 0.132 e. The second kappa shape index (κ2) is 8.07. The molecule has 0 N–H and O–H groups in total. The van der Waals surface area contributed by atoms with Gasteiger partial charge in [0.25, 0.3) is 0 Å². The first kappa shape index (κ1) is 18.1. The third kappa shape index (κ3) is 4.65. The first-order chi connectivity index (χ1) is 10.4. The molecule has 2 rings (SSSR count). The van der Waals surface area contributed by atoms with Crippen LogP contribution >= 0.6 is 24.8 Å². The average Bonchev–Trinajstić information content (AvgIpc) is 2.47. The fraction of sp³-hybridized carbons (Fsp3) is 0.611. The van der Waals surface area contributed by atoms with Crippen LogP contribution in [0.2, 0.25) is 24.7 Å². The largest absolute Gasteiger partial charge is 0.206 e. The summed E-state index contributed by atoms with van der Waals surface area (Å²) < 4.78 is 14.4. The molecule has 22 heavy (non-hydrogen) atoms. The molecule has 0 nitrogen and oxygen atoms in total. The molecular weight excluding hydrogens is 327 g/mol. The molecule has 0 aliphatic carbocycles. The number of benzene rings is 1. The summed E-state index contributed by atoms with van der Waals surface area (Å²) in [6.07, 6.45) is 6.57. The minimum Gasteiger partial charge on any atom is -0.206 e. The highest BCUT2D eigenvalue weighted by atomic mass is 32.1. The maximum Gasteiger partial charge on any atom is 0.132 e. The van der Waals surface area contributed by atoms with E-state index in [-0.39, 0.29) is 5.82 Å². The standard InChI is InChI=1S/C18H27FS2Si/c1-3-4-5-10-22(2)11-8-14(9-12-22)15-6-7-16(18(20)21)17(19)13-15/h6-7,13-14H,3-5,8-12H2,1-2H3,(H,20,21). The molecule has 0 radical (unpaired) electrons. The van der Waals surface area contributed by atoms with Gasteiger partial charge in [-0.1, -0.05) is 69.1 Å². The van der Waals surface area contributed by atoms with Crippen LogP contribution in [0.15, 0.2) is 18.2 Å². The summed E-state index contributed by atoms with van der Waals surface area (Å²) in [7, 11) is -1.02. The van der Waals surface area contributed by atoms with Crippen molar-refractivity contribution in [1.82, 2.24) is 0 Å². The summed E-state index contributed by atoms with van der Waals surface area (Å²) in [6, 6.07) is 9.81. The van der Waals surface area contributed by atoms with E-state index < -0.39 is 8.07 Å². The molecule has 0 bridgehead atoms. The third-order valence-corrected chi connectivity index (χ3v) is 10.3. The van der Waals surface area contributed by atoms with Gasteiger partial charge in [-0.15, -0.1) is 12.6 Å². The lowest BCUT2D eigenvalue weighted by molar-refractivity contribution is 0.580.